The number of anilines is 1. The monoisotopic (exact) mass is 540 g/mol. The van der Waals surface area contributed by atoms with E-state index in [1.807, 2.05) is 0 Å². The van der Waals surface area contributed by atoms with Crippen LogP contribution in [-0.2, 0) is 4.74 Å². The van der Waals surface area contributed by atoms with Gasteiger partial charge in [0.25, 0.3) is 5.91 Å². The molecule has 1 aliphatic rings. The van der Waals surface area contributed by atoms with Crippen LogP contribution >= 0.6 is 11.6 Å². The molecule has 12 heteroatoms. The number of nitrogen functional groups attached to an aromatic ring is 1. The normalized spacial score (nSPS) is 15.7. The highest BCUT2D eigenvalue weighted by Gasteiger charge is 2.36. The molecular weight excluding hydrogens is 512 g/mol. The number of carboxylic acid groups (broad SMARTS) is 1. The second kappa shape index (κ2) is 10.7. The number of imidazole rings is 1. The molecule has 3 aromatic rings. The van der Waals surface area contributed by atoms with Crippen LogP contribution in [0.1, 0.15) is 72.7 Å². The van der Waals surface area contributed by atoms with Gasteiger partial charge in [0, 0.05) is 23.9 Å². The number of nitrogens with one attached hydrogen (secondary N) is 1. The van der Waals surface area contributed by atoms with Crippen molar-refractivity contribution in [3.05, 3.63) is 64.7 Å². The third kappa shape index (κ3) is 5.88. The van der Waals surface area contributed by atoms with Gasteiger partial charge in [-0.05, 0) is 64.3 Å². The number of pyridine rings is 1. The number of carbonyl (C=O) groups is 3. The van der Waals surface area contributed by atoms with Crippen molar-refractivity contribution in [2.45, 2.75) is 51.7 Å². The number of piperidine rings is 1. The Morgan fingerprint density at radius 2 is 1.84 bits per heavy atom. The van der Waals surface area contributed by atoms with E-state index >= 15 is 0 Å². The molecule has 0 aliphatic carbocycles. The van der Waals surface area contributed by atoms with Gasteiger partial charge in [0.05, 0.1) is 11.1 Å². The summed E-state index contributed by atoms with van der Waals surface area (Å²) in [5, 5.41) is 13.1. The van der Waals surface area contributed by atoms with E-state index in [-0.39, 0.29) is 17.2 Å². The molecule has 0 radical (unpaired) electrons. The molecule has 11 nitrogen and oxygen atoms in total. The topological polar surface area (TPSA) is 153 Å². The van der Waals surface area contributed by atoms with Crippen molar-refractivity contribution in [1.82, 2.24) is 19.5 Å². The van der Waals surface area contributed by atoms with E-state index in [4.69, 9.17) is 22.2 Å². The molecular formula is C26H29ClN6O5. The molecule has 2 aromatic heterocycles. The van der Waals surface area contributed by atoms with Crippen LogP contribution < -0.4 is 11.2 Å². The number of likely N-dealkylation sites (tertiary alicyclic amines) is 1. The largest absolute Gasteiger partial charge is 0.476 e. The highest BCUT2D eigenvalue weighted by Crippen LogP contribution is 2.34. The van der Waals surface area contributed by atoms with Crippen molar-refractivity contribution in [2.24, 2.45) is 0 Å². The van der Waals surface area contributed by atoms with Gasteiger partial charge >= 0.3 is 12.1 Å². The van der Waals surface area contributed by atoms with E-state index < -0.39 is 29.6 Å². The van der Waals surface area contributed by atoms with E-state index in [1.54, 1.807) is 62.1 Å². The molecule has 4 rings (SSSR count). The summed E-state index contributed by atoms with van der Waals surface area (Å²) in [5.41, 5.74) is 0.00633. The van der Waals surface area contributed by atoms with Gasteiger partial charge in [-0.15, -0.1) is 0 Å². The van der Waals surface area contributed by atoms with Crippen molar-refractivity contribution in [3.8, 4) is 11.3 Å². The predicted molar refractivity (Wildman–Crippen MR) is 142 cm³/mol. The van der Waals surface area contributed by atoms with Crippen LogP contribution in [0.3, 0.4) is 0 Å². The molecule has 1 aromatic carbocycles. The molecule has 0 saturated carbocycles. The van der Waals surface area contributed by atoms with E-state index in [2.05, 4.69) is 15.3 Å². The Bertz CT molecular complexity index is 1350. The second-order valence-corrected chi connectivity index (χ2v) is 10.4. The molecule has 38 heavy (non-hydrogen) atoms. The lowest BCUT2D eigenvalue weighted by molar-refractivity contribution is 0.00821. The van der Waals surface area contributed by atoms with Gasteiger partial charge in [-0.1, -0.05) is 23.7 Å². The first-order valence-corrected chi connectivity index (χ1v) is 12.5. The number of nitrogens with two attached hydrogens (primary N) is 1. The minimum atomic E-state index is -1.27. The first kappa shape index (κ1) is 26.9. The fraction of sp³-hybridized carbons (Fsp3) is 0.346. The Morgan fingerprint density at radius 3 is 2.45 bits per heavy atom. The molecule has 200 valence electrons. The molecule has 0 bridgehead atoms. The molecule has 0 unspecified atom stereocenters. The van der Waals surface area contributed by atoms with Gasteiger partial charge in [-0.3, -0.25) is 9.69 Å². The summed E-state index contributed by atoms with van der Waals surface area (Å²) in [5.74, 6) is 5.17. The van der Waals surface area contributed by atoms with Crippen LogP contribution in [0.25, 0.3) is 11.3 Å². The van der Waals surface area contributed by atoms with E-state index in [0.717, 1.165) is 17.5 Å². The third-order valence-corrected chi connectivity index (χ3v) is 6.18. The molecule has 1 atom stereocenters. The Hall–Kier alpha value is -4.12. The number of hydrogen-bond acceptors (Lipinski definition) is 7. The zero-order chi connectivity index (χ0) is 27.6. The lowest BCUT2D eigenvalue weighted by atomic mass is 10.0. The van der Waals surface area contributed by atoms with E-state index in [1.165, 1.54) is 6.20 Å². The summed E-state index contributed by atoms with van der Waals surface area (Å²) in [6.45, 7) is 5.79. The fourth-order valence-electron chi connectivity index (χ4n) is 4.25. The maximum Gasteiger partial charge on any atom is 0.410 e. The van der Waals surface area contributed by atoms with Crippen LogP contribution in [0.2, 0.25) is 5.02 Å². The number of aromatic carboxylic acids is 1. The average Bonchev–Trinajstić information content (AvgIpc) is 3.21. The van der Waals surface area contributed by atoms with E-state index in [0.29, 0.717) is 34.9 Å². The van der Waals surface area contributed by atoms with Crippen LogP contribution in [0.5, 0.6) is 0 Å². The summed E-state index contributed by atoms with van der Waals surface area (Å²) < 4.78 is 6.59. The summed E-state index contributed by atoms with van der Waals surface area (Å²) in [7, 11) is 0. The van der Waals surface area contributed by atoms with Crippen molar-refractivity contribution < 1.29 is 24.2 Å². The summed E-state index contributed by atoms with van der Waals surface area (Å²) in [4.78, 5) is 47.9. The van der Waals surface area contributed by atoms with Gasteiger partial charge in [-0.25, -0.2) is 24.2 Å². The maximum atomic E-state index is 12.9. The van der Waals surface area contributed by atoms with Gasteiger partial charge in [-0.2, -0.15) is 0 Å². The first-order chi connectivity index (χ1) is 17.9. The number of ether oxygens (including phenoxy) is 1. The highest BCUT2D eigenvalue weighted by molar-refractivity contribution is 6.30. The number of halogens is 1. The first-order valence-electron chi connectivity index (χ1n) is 12.1. The number of amides is 2. The van der Waals surface area contributed by atoms with Crippen molar-refractivity contribution in [1.29, 1.82) is 0 Å². The molecule has 2 amide bonds. The zero-order valence-corrected chi connectivity index (χ0v) is 22.0. The number of carboxylic acids is 1. The quantitative estimate of drug-likeness (QED) is 0.393. The van der Waals surface area contributed by atoms with Crippen LogP contribution in [0.15, 0.2) is 42.6 Å². The number of carbonyl (C=O) groups excluding carboxylic acids is 2. The van der Waals surface area contributed by atoms with Crippen LogP contribution in [0, 0.1) is 0 Å². The Morgan fingerprint density at radius 1 is 1.13 bits per heavy atom. The second-order valence-electron chi connectivity index (χ2n) is 9.92. The van der Waals surface area contributed by atoms with Crippen molar-refractivity contribution in [3.63, 3.8) is 0 Å². The summed E-state index contributed by atoms with van der Waals surface area (Å²) in [6, 6.07) is 8.92. The Kier molecular flexibility index (Phi) is 7.58. The third-order valence-electron chi connectivity index (χ3n) is 5.96. The standard InChI is InChI=1S/C26H29ClN6O5/c1-26(2,3)38-25(37)32-13-5-4-6-18(32)22-31-20(21(24(35)36)33(22)28)15-7-9-16(10-8-15)23(34)30-19-12-11-17(27)14-29-19/h7-12,14,18H,4-6,13,28H2,1-3H3,(H,35,36)(H,29,30,34)/t18-/m0/s1. The average molecular weight is 541 g/mol. The molecule has 1 fully saturated rings. The lowest BCUT2D eigenvalue weighted by Gasteiger charge is -2.36. The fourth-order valence-corrected chi connectivity index (χ4v) is 4.36. The van der Waals surface area contributed by atoms with Crippen molar-refractivity contribution in [2.75, 3.05) is 17.7 Å². The molecule has 0 spiro atoms. The van der Waals surface area contributed by atoms with Gasteiger partial charge in [0.15, 0.2) is 11.5 Å². The van der Waals surface area contributed by atoms with E-state index in [9.17, 15) is 19.5 Å². The number of nitrogens with zero attached hydrogens (tertiary/aromatic N) is 4. The summed E-state index contributed by atoms with van der Waals surface area (Å²) in [6.07, 6.45) is 3.08. The van der Waals surface area contributed by atoms with Crippen LogP contribution in [0.4, 0.5) is 10.6 Å². The molecule has 1 saturated heterocycles. The SMILES string of the molecule is CC(C)(C)OC(=O)N1CCCC[C@H]1c1nc(-c2ccc(C(=O)Nc3ccc(Cl)cn3)cc2)c(C(=O)O)n1N. The zero-order valence-electron chi connectivity index (χ0n) is 21.3. The van der Waals surface area contributed by atoms with Crippen molar-refractivity contribution >= 4 is 35.4 Å². The minimum absolute atomic E-state index is 0.135. The van der Waals surface area contributed by atoms with Gasteiger partial charge in [0.2, 0.25) is 0 Å². The number of hydrogen-bond donors (Lipinski definition) is 3. The van der Waals surface area contributed by atoms with Crippen LogP contribution in [-0.4, -0.2) is 54.8 Å². The number of aromatic nitrogens is 3. The van der Waals surface area contributed by atoms with Gasteiger partial charge < -0.3 is 21.0 Å². The highest BCUT2D eigenvalue weighted by atomic mass is 35.5. The minimum Gasteiger partial charge on any atom is -0.476 e. The maximum absolute atomic E-state index is 12.9. The lowest BCUT2D eigenvalue weighted by Crippen LogP contribution is -2.43. The summed E-state index contributed by atoms with van der Waals surface area (Å²) >= 11 is 5.83. The number of rotatable bonds is 5. The number of benzene rings is 1. The smallest absolute Gasteiger partial charge is 0.410 e. The molecule has 4 N–H and O–H groups in total. The predicted octanol–water partition coefficient (Wildman–Crippen LogP) is 4.72. The van der Waals surface area contributed by atoms with Gasteiger partial charge in [0.1, 0.15) is 17.1 Å². The Balaban J connectivity index is 1.63. The molecule has 3 heterocycles. The molecule has 1 aliphatic heterocycles. The Labute approximate surface area is 224 Å².